The van der Waals surface area contributed by atoms with Gasteiger partial charge >= 0.3 is 64.4 Å². The van der Waals surface area contributed by atoms with Gasteiger partial charge in [0.1, 0.15) is 0 Å². The molecule has 0 bridgehead atoms. The van der Waals surface area contributed by atoms with E-state index in [1.165, 1.54) is 0 Å². The molecule has 33 heavy (non-hydrogen) atoms. The van der Waals surface area contributed by atoms with E-state index >= 15 is 0 Å². The van der Waals surface area contributed by atoms with Crippen LogP contribution in [0.2, 0.25) is 0 Å². The third kappa shape index (κ3) is 278. The molecule has 191 valence electrons. The molecule has 0 aliphatic carbocycles. The quantitative estimate of drug-likeness (QED) is 0.137. The Hall–Kier alpha value is -3.53. The molecule has 0 aliphatic heterocycles. The van der Waals surface area contributed by atoms with Crippen LogP contribution in [0.1, 0.15) is 0 Å². The zero-order valence-corrected chi connectivity index (χ0v) is 17.0. The zero-order chi connectivity index (χ0) is 26.2. The topological polar surface area (TPSA) is 446 Å². The molecule has 0 aromatic rings. The summed E-state index contributed by atoms with van der Waals surface area (Å²) in [4.78, 5) is 60.8. The Morgan fingerprint density at radius 3 is 0.606 bits per heavy atom. The molecule has 29 heteroatoms. The third-order valence-electron chi connectivity index (χ3n) is 0.805. The molecular formula is C4H6LiMnN5NiO21. The van der Waals surface area contributed by atoms with Crippen molar-refractivity contribution in [2.75, 3.05) is 0 Å². The Bertz CT molecular complexity index is 455. The smallest absolute Gasteiger partial charge is 0.479 e. The normalized spacial score (nSPS) is 8.42. The van der Waals surface area contributed by atoms with E-state index in [-0.39, 0.29) is 52.4 Å². The minimum Gasteiger partial charge on any atom is -0.479 e. The van der Waals surface area contributed by atoms with E-state index in [0.29, 0.717) is 0 Å². The van der Waals surface area contributed by atoms with Crippen LogP contribution in [-0.2, 0) is 43.1 Å². The Morgan fingerprint density at radius 2 is 0.576 bits per heavy atom. The van der Waals surface area contributed by atoms with E-state index in [2.05, 4.69) is 0 Å². The van der Waals surface area contributed by atoms with Crippen LogP contribution in [0.25, 0.3) is 0 Å². The van der Waals surface area contributed by atoms with E-state index in [1.807, 2.05) is 0 Å². The summed E-state index contributed by atoms with van der Waals surface area (Å²) < 4.78 is 0. The minimum absolute atomic E-state index is 0. The van der Waals surface area contributed by atoms with Gasteiger partial charge in [-0.15, -0.1) is 0 Å². The molecule has 0 rings (SSSR count). The predicted octanol–water partition coefficient (Wildman–Crippen LogP) is -6.32. The van der Waals surface area contributed by atoms with E-state index in [9.17, 15) is 9.59 Å². The van der Waals surface area contributed by atoms with Gasteiger partial charge in [0.15, 0.2) is 12.2 Å². The van der Waals surface area contributed by atoms with Crippen molar-refractivity contribution >= 4 is 11.9 Å². The van der Waals surface area contributed by atoms with Crippen LogP contribution >= 0.6 is 0 Å². The Morgan fingerprint density at radius 1 is 0.515 bits per heavy atom. The van der Waals surface area contributed by atoms with Gasteiger partial charge in [-0.05, 0) is 0 Å². The molecule has 0 aromatic carbocycles. The average molecular weight is 581 g/mol. The second-order valence-corrected chi connectivity index (χ2v) is 2.68. The molecule has 0 saturated carbocycles. The number of aliphatic carboxylic acids is 2. The van der Waals surface area contributed by atoms with E-state index in [4.69, 9.17) is 97.0 Å². The molecule has 0 spiro atoms. The van der Waals surface area contributed by atoms with E-state index in [0.717, 1.165) is 0 Å². The predicted molar refractivity (Wildman–Crippen MR) is 79.1 cm³/mol. The number of hydrogen-bond acceptors (Lipinski definition) is 19. The van der Waals surface area contributed by atoms with Gasteiger partial charge in [0.05, 0.1) is 25.4 Å². The van der Waals surface area contributed by atoms with Gasteiger partial charge in [-0.2, -0.15) is 0 Å². The third-order valence-corrected chi connectivity index (χ3v) is 0.805. The summed E-state index contributed by atoms with van der Waals surface area (Å²) in [5.41, 5.74) is 0. The van der Waals surface area contributed by atoms with Gasteiger partial charge in [-0.25, -0.2) is 9.59 Å². The van der Waals surface area contributed by atoms with Crippen LogP contribution in [-0.4, -0.2) is 70.0 Å². The Kier molecular flexibility index (Phi) is 67.4. The van der Waals surface area contributed by atoms with Gasteiger partial charge in [0.2, 0.25) is 0 Å². The van der Waals surface area contributed by atoms with Crippen molar-refractivity contribution in [1.82, 2.24) is 0 Å². The second-order valence-electron chi connectivity index (χ2n) is 2.68. The molecule has 0 heterocycles. The number of carboxylic acids is 2. The number of aliphatic hydroxyl groups is 2. The summed E-state index contributed by atoms with van der Waals surface area (Å²) in [6.07, 6.45) is -4.53. The SMILES string of the molecule is O=C(O)C(O)C(O)C(=O)O.O=[N+]([O-])[O-].O=[N+]([O-])[O-].O=[N+]([O-])[O-].O=[N+]([O-])[O-].O=[N+]([O-])[O-].[Li+].[Mn+2].[Ni+2]. The molecule has 0 amide bonds. The summed E-state index contributed by atoms with van der Waals surface area (Å²) in [7, 11) is 0. The number of carboxylic acid groups (broad SMARTS) is 2. The van der Waals surface area contributed by atoms with E-state index < -0.39 is 49.6 Å². The first-order chi connectivity index (χ1) is 13.1. The van der Waals surface area contributed by atoms with Gasteiger partial charge in [0.25, 0.3) is 0 Å². The van der Waals surface area contributed by atoms with Crippen molar-refractivity contribution < 1.29 is 108 Å². The van der Waals surface area contributed by atoms with Crippen LogP contribution in [0.5, 0.6) is 0 Å². The van der Waals surface area contributed by atoms with Gasteiger partial charge in [-0.3, -0.25) is 0 Å². The number of nitrogens with zero attached hydrogens (tertiary/aromatic N) is 5. The monoisotopic (exact) mass is 580 g/mol. The Labute approximate surface area is 208 Å². The number of rotatable bonds is 3. The fourth-order valence-corrected chi connectivity index (χ4v) is 0.270. The summed E-state index contributed by atoms with van der Waals surface area (Å²) in [5.74, 6) is -3.54. The fourth-order valence-electron chi connectivity index (χ4n) is 0.270. The fraction of sp³-hybridized carbons (Fsp3) is 0.500. The van der Waals surface area contributed by atoms with Crippen molar-refractivity contribution in [1.29, 1.82) is 0 Å². The van der Waals surface area contributed by atoms with Crippen LogP contribution in [0.15, 0.2) is 0 Å². The zero-order valence-electron chi connectivity index (χ0n) is 14.8. The molecular weight excluding hydrogens is 575 g/mol. The van der Waals surface area contributed by atoms with Crippen LogP contribution in [0.3, 0.4) is 0 Å². The first kappa shape index (κ1) is 57.0. The van der Waals surface area contributed by atoms with Crippen LogP contribution in [0.4, 0.5) is 0 Å². The summed E-state index contributed by atoms with van der Waals surface area (Å²) in [5, 5.41) is 106. The summed E-state index contributed by atoms with van der Waals surface area (Å²) in [6.45, 7) is 0. The first-order valence-electron chi connectivity index (χ1n) is 5.02. The van der Waals surface area contributed by atoms with Gasteiger partial charge in [-0.1, -0.05) is 0 Å². The molecule has 2 atom stereocenters. The summed E-state index contributed by atoms with van der Waals surface area (Å²) in [6, 6.07) is 0. The van der Waals surface area contributed by atoms with Crippen molar-refractivity contribution in [2.24, 2.45) is 0 Å². The van der Waals surface area contributed by atoms with E-state index in [1.54, 1.807) is 0 Å². The second kappa shape index (κ2) is 39.0. The van der Waals surface area contributed by atoms with Crippen LogP contribution < -0.4 is 18.9 Å². The molecule has 26 nitrogen and oxygen atoms in total. The van der Waals surface area contributed by atoms with Crippen molar-refractivity contribution in [3.05, 3.63) is 76.6 Å². The molecule has 0 aromatic heterocycles. The maximum atomic E-state index is 9.77. The van der Waals surface area contributed by atoms with Crippen LogP contribution in [0, 0.1) is 76.6 Å². The molecule has 1 radical (unpaired) electrons. The van der Waals surface area contributed by atoms with Crippen molar-refractivity contribution in [2.45, 2.75) is 12.2 Å². The Balaban J connectivity index is -0.0000000312. The number of aliphatic hydroxyl groups excluding tert-OH is 2. The molecule has 2 unspecified atom stereocenters. The first-order valence-corrected chi connectivity index (χ1v) is 5.02. The maximum absolute atomic E-state index is 9.77. The molecule has 0 fully saturated rings. The number of carbonyl (C=O) groups is 2. The standard InChI is InChI=1S/C4H6O6.Li.Mn.5NO3.Ni/c5-1(3(7)8)2(6)4(9)10;;;5*2-1(3)4;/h1-2,5-6H,(H,7,8)(H,9,10);;;;;;;;/q;+1;+2;5*-1;+2. The minimum atomic E-state index is -2.27. The number of hydrogen-bond donors (Lipinski definition) is 4. The van der Waals surface area contributed by atoms with Crippen molar-refractivity contribution in [3.63, 3.8) is 0 Å². The molecule has 0 saturated heterocycles. The average Bonchev–Trinajstić information content (AvgIpc) is 2.42. The maximum Gasteiger partial charge on any atom is 2.00 e. The van der Waals surface area contributed by atoms with Gasteiger partial charge in [0, 0.05) is 0 Å². The van der Waals surface area contributed by atoms with Gasteiger partial charge < -0.3 is 97.0 Å². The molecule has 0 aliphatic rings. The van der Waals surface area contributed by atoms with Crippen molar-refractivity contribution in [3.8, 4) is 0 Å². The largest absolute Gasteiger partial charge is 2.00 e. The summed E-state index contributed by atoms with van der Waals surface area (Å²) >= 11 is 0. The molecule has 4 N–H and O–H groups in total.